The SMILES string of the molecule is CC(N)C(C(=O)O)c1ccccc1C(F)(F)F. The first-order valence-corrected chi connectivity index (χ1v) is 4.89. The van der Waals surface area contributed by atoms with Crippen LogP contribution in [0.4, 0.5) is 13.2 Å². The topological polar surface area (TPSA) is 63.3 Å². The molecule has 17 heavy (non-hydrogen) atoms. The lowest BCUT2D eigenvalue weighted by Gasteiger charge is -2.21. The summed E-state index contributed by atoms with van der Waals surface area (Å²) in [5, 5.41) is 8.94. The molecule has 0 aliphatic carbocycles. The second-order valence-electron chi connectivity index (χ2n) is 3.76. The number of benzene rings is 1. The Morgan fingerprint density at radius 3 is 2.29 bits per heavy atom. The fourth-order valence-electron chi connectivity index (χ4n) is 1.67. The van der Waals surface area contributed by atoms with E-state index in [9.17, 15) is 18.0 Å². The number of carboxylic acid groups (broad SMARTS) is 1. The van der Waals surface area contributed by atoms with Crippen LogP contribution < -0.4 is 5.73 Å². The van der Waals surface area contributed by atoms with Crippen LogP contribution in [0.5, 0.6) is 0 Å². The van der Waals surface area contributed by atoms with Crippen molar-refractivity contribution >= 4 is 5.97 Å². The van der Waals surface area contributed by atoms with Gasteiger partial charge in [0.2, 0.25) is 0 Å². The summed E-state index contributed by atoms with van der Waals surface area (Å²) >= 11 is 0. The summed E-state index contributed by atoms with van der Waals surface area (Å²) in [5.74, 6) is -2.73. The zero-order valence-corrected chi connectivity index (χ0v) is 9.03. The third-order valence-electron chi connectivity index (χ3n) is 2.39. The minimum atomic E-state index is -4.58. The fraction of sp³-hybridized carbons (Fsp3) is 0.364. The molecule has 3 N–H and O–H groups in total. The van der Waals surface area contributed by atoms with Gasteiger partial charge in [0.25, 0.3) is 0 Å². The van der Waals surface area contributed by atoms with Crippen molar-refractivity contribution in [3.63, 3.8) is 0 Å². The van der Waals surface area contributed by atoms with Crippen molar-refractivity contribution in [2.75, 3.05) is 0 Å². The minimum Gasteiger partial charge on any atom is -0.481 e. The predicted molar refractivity (Wildman–Crippen MR) is 55.5 cm³/mol. The molecule has 0 fully saturated rings. The van der Waals surface area contributed by atoms with Crippen molar-refractivity contribution in [1.29, 1.82) is 0 Å². The van der Waals surface area contributed by atoms with E-state index in [-0.39, 0.29) is 5.56 Å². The number of aliphatic carboxylic acids is 1. The van der Waals surface area contributed by atoms with Gasteiger partial charge in [-0.1, -0.05) is 18.2 Å². The smallest absolute Gasteiger partial charge is 0.416 e. The molecule has 0 aliphatic heterocycles. The van der Waals surface area contributed by atoms with Crippen molar-refractivity contribution in [1.82, 2.24) is 0 Å². The molecule has 0 aliphatic rings. The van der Waals surface area contributed by atoms with Gasteiger partial charge < -0.3 is 10.8 Å². The van der Waals surface area contributed by atoms with Crippen molar-refractivity contribution in [2.24, 2.45) is 5.73 Å². The van der Waals surface area contributed by atoms with Crippen molar-refractivity contribution in [3.8, 4) is 0 Å². The number of hydrogen-bond donors (Lipinski definition) is 2. The third-order valence-corrected chi connectivity index (χ3v) is 2.39. The zero-order chi connectivity index (χ0) is 13.2. The van der Waals surface area contributed by atoms with E-state index in [0.29, 0.717) is 0 Å². The first-order chi connectivity index (χ1) is 7.75. The summed E-state index contributed by atoms with van der Waals surface area (Å²) in [6.07, 6.45) is -4.58. The number of carbonyl (C=O) groups is 1. The maximum absolute atomic E-state index is 12.7. The molecule has 2 atom stereocenters. The lowest BCUT2D eigenvalue weighted by molar-refractivity contribution is -0.141. The van der Waals surface area contributed by atoms with Gasteiger partial charge in [-0.05, 0) is 18.6 Å². The highest BCUT2D eigenvalue weighted by Crippen LogP contribution is 2.35. The second kappa shape index (κ2) is 4.75. The van der Waals surface area contributed by atoms with Crippen LogP contribution >= 0.6 is 0 Å². The van der Waals surface area contributed by atoms with Crippen molar-refractivity contribution < 1.29 is 23.1 Å². The van der Waals surface area contributed by atoms with Crippen LogP contribution in [-0.4, -0.2) is 17.1 Å². The van der Waals surface area contributed by atoms with E-state index in [4.69, 9.17) is 10.8 Å². The number of hydrogen-bond acceptors (Lipinski definition) is 2. The molecule has 94 valence electrons. The summed E-state index contributed by atoms with van der Waals surface area (Å²) < 4.78 is 38.1. The second-order valence-corrected chi connectivity index (χ2v) is 3.76. The highest BCUT2D eigenvalue weighted by Gasteiger charge is 2.37. The van der Waals surface area contributed by atoms with E-state index in [1.165, 1.54) is 19.1 Å². The van der Waals surface area contributed by atoms with Crippen LogP contribution in [0.2, 0.25) is 0 Å². The first kappa shape index (κ1) is 13.5. The lowest BCUT2D eigenvalue weighted by atomic mass is 9.89. The highest BCUT2D eigenvalue weighted by molar-refractivity contribution is 5.77. The van der Waals surface area contributed by atoms with E-state index >= 15 is 0 Å². The minimum absolute atomic E-state index is 0.303. The lowest BCUT2D eigenvalue weighted by Crippen LogP contribution is -2.32. The Balaban J connectivity index is 3.34. The molecular formula is C11H12F3NO2. The van der Waals surface area contributed by atoms with E-state index in [1.54, 1.807) is 0 Å². The first-order valence-electron chi connectivity index (χ1n) is 4.89. The highest BCUT2D eigenvalue weighted by atomic mass is 19.4. The van der Waals surface area contributed by atoms with E-state index in [1.807, 2.05) is 0 Å². The Kier molecular flexibility index (Phi) is 3.77. The predicted octanol–water partition coefficient (Wildman–Crippen LogP) is 2.22. The summed E-state index contributed by atoms with van der Waals surface area (Å²) in [6.45, 7) is 1.37. The van der Waals surface area contributed by atoms with Gasteiger partial charge in [-0.25, -0.2) is 0 Å². The molecule has 1 aromatic carbocycles. The largest absolute Gasteiger partial charge is 0.481 e. The normalized spacial score (nSPS) is 15.4. The average Bonchev–Trinajstić information content (AvgIpc) is 2.15. The molecule has 6 heteroatoms. The van der Waals surface area contributed by atoms with Gasteiger partial charge in [0, 0.05) is 6.04 Å². The summed E-state index contributed by atoms with van der Waals surface area (Å²) in [6, 6.07) is 3.67. The molecule has 1 aromatic rings. The summed E-state index contributed by atoms with van der Waals surface area (Å²) in [4.78, 5) is 11.0. The van der Waals surface area contributed by atoms with Gasteiger partial charge in [0.1, 0.15) is 0 Å². The maximum Gasteiger partial charge on any atom is 0.416 e. The standard InChI is InChI=1S/C11H12F3NO2/c1-6(15)9(10(16)17)7-4-2-3-5-8(7)11(12,13)14/h2-6,9H,15H2,1H3,(H,16,17). The van der Waals surface area contributed by atoms with E-state index < -0.39 is 29.7 Å². The fourth-order valence-corrected chi connectivity index (χ4v) is 1.67. The van der Waals surface area contributed by atoms with Crippen LogP contribution in [0, 0.1) is 0 Å². The molecule has 0 saturated carbocycles. The van der Waals surface area contributed by atoms with Crippen LogP contribution in [0.15, 0.2) is 24.3 Å². The summed E-state index contributed by atoms with van der Waals surface area (Å²) in [5.41, 5.74) is 4.18. The van der Waals surface area contributed by atoms with Gasteiger partial charge in [0.15, 0.2) is 0 Å². The molecule has 3 nitrogen and oxygen atoms in total. The van der Waals surface area contributed by atoms with Crippen LogP contribution in [0.3, 0.4) is 0 Å². The van der Waals surface area contributed by atoms with Gasteiger partial charge in [-0.15, -0.1) is 0 Å². The quantitative estimate of drug-likeness (QED) is 0.860. The van der Waals surface area contributed by atoms with Crippen molar-refractivity contribution in [2.45, 2.75) is 25.1 Å². The average molecular weight is 247 g/mol. The number of rotatable bonds is 3. The molecule has 0 spiro atoms. The molecule has 0 heterocycles. The Bertz CT molecular complexity index is 415. The van der Waals surface area contributed by atoms with Gasteiger partial charge in [-0.3, -0.25) is 4.79 Å². The maximum atomic E-state index is 12.7. The molecular weight excluding hydrogens is 235 g/mol. The van der Waals surface area contributed by atoms with E-state index in [0.717, 1.165) is 12.1 Å². The molecule has 1 rings (SSSR count). The van der Waals surface area contributed by atoms with Crippen LogP contribution in [0.1, 0.15) is 24.0 Å². The van der Waals surface area contributed by atoms with Gasteiger partial charge >= 0.3 is 12.1 Å². The summed E-state index contributed by atoms with van der Waals surface area (Å²) in [7, 11) is 0. The monoisotopic (exact) mass is 247 g/mol. The molecule has 0 radical (unpaired) electrons. The molecule has 0 aromatic heterocycles. The third kappa shape index (κ3) is 2.97. The zero-order valence-electron chi connectivity index (χ0n) is 9.03. The molecule has 0 saturated heterocycles. The molecule has 0 amide bonds. The van der Waals surface area contributed by atoms with E-state index in [2.05, 4.69) is 0 Å². The Hall–Kier alpha value is -1.56. The van der Waals surface area contributed by atoms with Crippen LogP contribution in [-0.2, 0) is 11.0 Å². The van der Waals surface area contributed by atoms with Gasteiger partial charge in [0.05, 0.1) is 11.5 Å². The number of alkyl halides is 3. The van der Waals surface area contributed by atoms with Crippen molar-refractivity contribution in [3.05, 3.63) is 35.4 Å². The number of carboxylic acids is 1. The van der Waals surface area contributed by atoms with Gasteiger partial charge in [-0.2, -0.15) is 13.2 Å². The number of nitrogens with two attached hydrogens (primary N) is 1. The Morgan fingerprint density at radius 2 is 1.88 bits per heavy atom. The van der Waals surface area contributed by atoms with Crippen LogP contribution in [0.25, 0.3) is 0 Å². The molecule has 2 unspecified atom stereocenters. The molecule has 0 bridgehead atoms. The Morgan fingerprint density at radius 1 is 1.35 bits per heavy atom. The number of halogens is 3. The Labute approximate surface area is 96.0 Å².